The number of carbonyl (C=O) groups excluding carboxylic acids is 1. The molecule has 0 aliphatic rings. The molecule has 2 rings (SSSR count). The van der Waals surface area contributed by atoms with Crippen LogP contribution in [0.1, 0.15) is 9.67 Å². The van der Waals surface area contributed by atoms with Gasteiger partial charge in [0, 0.05) is 13.2 Å². The number of aromatic nitrogens is 2. The zero-order valence-electron chi connectivity index (χ0n) is 8.43. The van der Waals surface area contributed by atoms with E-state index < -0.39 is 0 Å². The Morgan fingerprint density at radius 2 is 2.27 bits per heavy atom. The summed E-state index contributed by atoms with van der Waals surface area (Å²) < 4.78 is 6.42. The molecule has 2 heterocycles. The Bertz CT molecular complexity index is 487. The van der Waals surface area contributed by atoms with Gasteiger partial charge in [-0.1, -0.05) is 0 Å². The lowest BCUT2D eigenvalue weighted by Crippen LogP contribution is -1.96. The third kappa shape index (κ3) is 1.78. The minimum absolute atomic E-state index is 0.298. The van der Waals surface area contributed by atoms with Crippen molar-refractivity contribution in [3.05, 3.63) is 29.3 Å². The molecule has 15 heavy (non-hydrogen) atoms. The molecule has 0 N–H and O–H groups in total. The summed E-state index contributed by atoms with van der Waals surface area (Å²) in [5.74, 6) is -0.298. The van der Waals surface area contributed by atoms with E-state index in [9.17, 15) is 4.79 Å². The van der Waals surface area contributed by atoms with E-state index in [-0.39, 0.29) is 5.97 Å². The Balaban J connectivity index is 2.36. The molecule has 0 amide bonds. The monoisotopic (exact) mass is 222 g/mol. The van der Waals surface area contributed by atoms with Gasteiger partial charge in [-0.2, -0.15) is 5.10 Å². The second-order valence-corrected chi connectivity index (χ2v) is 4.08. The van der Waals surface area contributed by atoms with Gasteiger partial charge in [0.15, 0.2) is 0 Å². The van der Waals surface area contributed by atoms with E-state index in [4.69, 9.17) is 0 Å². The molecule has 0 aromatic carbocycles. The highest BCUT2D eigenvalue weighted by atomic mass is 32.1. The number of aryl methyl sites for hydroxylation is 1. The van der Waals surface area contributed by atoms with E-state index in [1.807, 2.05) is 19.2 Å². The van der Waals surface area contributed by atoms with Gasteiger partial charge in [0.1, 0.15) is 4.88 Å². The van der Waals surface area contributed by atoms with Crippen LogP contribution >= 0.6 is 11.3 Å². The summed E-state index contributed by atoms with van der Waals surface area (Å²) in [6.45, 7) is 0. The van der Waals surface area contributed by atoms with Crippen molar-refractivity contribution < 1.29 is 9.53 Å². The predicted molar refractivity (Wildman–Crippen MR) is 57.9 cm³/mol. The van der Waals surface area contributed by atoms with Crippen LogP contribution in [0.2, 0.25) is 0 Å². The molecule has 78 valence electrons. The van der Waals surface area contributed by atoms with Crippen LogP contribution in [0.5, 0.6) is 0 Å². The zero-order chi connectivity index (χ0) is 10.8. The number of carbonyl (C=O) groups is 1. The number of hydrogen-bond donors (Lipinski definition) is 0. The first-order chi connectivity index (χ1) is 7.22. The van der Waals surface area contributed by atoms with E-state index in [1.165, 1.54) is 18.4 Å². The fourth-order valence-corrected chi connectivity index (χ4v) is 2.28. The molecule has 0 fully saturated rings. The fraction of sp³-hybridized carbons (Fsp3) is 0.200. The minimum Gasteiger partial charge on any atom is -0.465 e. The molecular formula is C10H10N2O2S. The number of hydrogen-bond acceptors (Lipinski definition) is 4. The van der Waals surface area contributed by atoms with Gasteiger partial charge in [-0.05, 0) is 18.2 Å². The van der Waals surface area contributed by atoms with Gasteiger partial charge in [-0.3, -0.25) is 4.68 Å². The maximum absolute atomic E-state index is 11.2. The van der Waals surface area contributed by atoms with Crippen LogP contribution in [-0.2, 0) is 11.8 Å². The molecule has 0 aliphatic heterocycles. The van der Waals surface area contributed by atoms with Crippen molar-refractivity contribution >= 4 is 17.3 Å². The Labute approximate surface area is 91.1 Å². The Morgan fingerprint density at radius 1 is 1.47 bits per heavy atom. The molecule has 0 unspecified atom stereocenters. The quantitative estimate of drug-likeness (QED) is 0.729. The molecule has 2 aromatic heterocycles. The molecular weight excluding hydrogens is 212 g/mol. The number of thiophene rings is 1. The highest BCUT2D eigenvalue weighted by Crippen LogP contribution is 2.27. The molecule has 0 atom stereocenters. The molecule has 0 radical (unpaired) electrons. The SMILES string of the molecule is COC(=O)c1ccc(-c2ccnn2C)s1. The van der Waals surface area contributed by atoms with Crippen LogP contribution in [0.4, 0.5) is 0 Å². The molecule has 5 heteroatoms. The van der Waals surface area contributed by atoms with E-state index in [2.05, 4.69) is 9.84 Å². The highest BCUT2D eigenvalue weighted by molar-refractivity contribution is 7.17. The lowest BCUT2D eigenvalue weighted by Gasteiger charge is -1.96. The normalized spacial score (nSPS) is 10.3. The average molecular weight is 222 g/mol. The van der Waals surface area contributed by atoms with Gasteiger partial charge < -0.3 is 4.74 Å². The number of esters is 1. The summed E-state index contributed by atoms with van der Waals surface area (Å²) in [4.78, 5) is 12.9. The van der Waals surface area contributed by atoms with Crippen molar-refractivity contribution in [1.29, 1.82) is 0 Å². The second-order valence-electron chi connectivity index (χ2n) is 3.00. The smallest absolute Gasteiger partial charge is 0.348 e. The Hall–Kier alpha value is -1.62. The van der Waals surface area contributed by atoms with Crippen LogP contribution in [0.3, 0.4) is 0 Å². The molecule has 0 bridgehead atoms. The van der Waals surface area contributed by atoms with E-state index in [0.717, 1.165) is 10.6 Å². The second kappa shape index (κ2) is 3.86. The number of rotatable bonds is 2. The van der Waals surface area contributed by atoms with Gasteiger partial charge in [0.25, 0.3) is 0 Å². The van der Waals surface area contributed by atoms with Crippen molar-refractivity contribution in [2.45, 2.75) is 0 Å². The first kappa shape index (κ1) is 9.92. The van der Waals surface area contributed by atoms with Crippen LogP contribution in [0.15, 0.2) is 24.4 Å². The number of methoxy groups -OCH3 is 1. The lowest BCUT2D eigenvalue weighted by atomic mass is 10.3. The molecule has 0 saturated heterocycles. The van der Waals surface area contributed by atoms with E-state index in [1.54, 1.807) is 16.9 Å². The fourth-order valence-electron chi connectivity index (χ4n) is 1.30. The van der Waals surface area contributed by atoms with Crippen molar-refractivity contribution in [2.75, 3.05) is 7.11 Å². The zero-order valence-corrected chi connectivity index (χ0v) is 9.25. The maximum Gasteiger partial charge on any atom is 0.348 e. The summed E-state index contributed by atoms with van der Waals surface area (Å²) >= 11 is 1.40. The standard InChI is InChI=1S/C10H10N2O2S/c1-12-7(5-6-11-12)8-3-4-9(15-8)10(13)14-2/h3-6H,1-2H3. The summed E-state index contributed by atoms with van der Waals surface area (Å²) in [6.07, 6.45) is 1.73. The first-order valence-electron chi connectivity index (χ1n) is 4.39. The molecule has 2 aromatic rings. The third-order valence-electron chi connectivity index (χ3n) is 2.07. The van der Waals surface area contributed by atoms with E-state index in [0.29, 0.717) is 4.88 Å². The topological polar surface area (TPSA) is 44.1 Å². The highest BCUT2D eigenvalue weighted by Gasteiger charge is 2.11. The van der Waals surface area contributed by atoms with Crippen molar-refractivity contribution in [2.24, 2.45) is 7.05 Å². The third-order valence-corrected chi connectivity index (χ3v) is 3.15. The first-order valence-corrected chi connectivity index (χ1v) is 5.20. The number of nitrogens with zero attached hydrogens (tertiary/aromatic N) is 2. The summed E-state index contributed by atoms with van der Waals surface area (Å²) in [5.41, 5.74) is 0.996. The summed E-state index contributed by atoms with van der Waals surface area (Å²) in [5, 5.41) is 4.07. The van der Waals surface area contributed by atoms with Crippen LogP contribution in [-0.4, -0.2) is 22.9 Å². The van der Waals surface area contributed by atoms with Gasteiger partial charge in [0.2, 0.25) is 0 Å². The number of ether oxygens (including phenoxy) is 1. The van der Waals surface area contributed by atoms with Gasteiger partial charge in [-0.25, -0.2) is 4.79 Å². The summed E-state index contributed by atoms with van der Waals surface area (Å²) in [6, 6.07) is 5.57. The molecule has 4 nitrogen and oxygen atoms in total. The maximum atomic E-state index is 11.2. The average Bonchev–Trinajstić information content (AvgIpc) is 2.84. The van der Waals surface area contributed by atoms with Crippen LogP contribution in [0.25, 0.3) is 10.6 Å². The van der Waals surface area contributed by atoms with E-state index >= 15 is 0 Å². The van der Waals surface area contributed by atoms with Gasteiger partial charge in [-0.15, -0.1) is 11.3 Å². The predicted octanol–water partition coefficient (Wildman–Crippen LogP) is 1.94. The van der Waals surface area contributed by atoms with Gasteiger partial charge in [0.05, 0.1) is 17.7 Å². The Morgan fingerprint density at radius 3 is 2.87 bits per heavy atom. The van der Waals surface area contributed by atoms with Crippen molar-refractivity contribution in [3.63, 3.8) is 0 Å². The van der Waals surface area contributed by atoms with Crippen LogP contribution < -0.4 is 0 Å². The summed E-state index contributed by atoms with van der Waals surface area (Å²) in [7, 11) is 3.25. The largest absolute Gasteiger partial charge is 0.465 e. The lowest BCUT2D eigenvalue weighted by molar-refractivity contribution is 0.0606. The minimum atomic E-state index is -0.298. The molecule has 0 saturated carbocycles. The van der Waals surface area contributed by atoms with Crippen molar-refractivity contribution in [3.8, 4) is 10.6 Å². The molecule has 0 aliphatic carbocycles. The molecule has 0 spiro atoms. The van der Waals surface area contributed by atoms with Gasteiger partial charge >= 0.3 is 5.97 Å². The van der Waals surface area contributed by atoms with Crippen LogP contribution in [0, 0.1) is 0 Å². The van der Waals surface area contributed by atoms with Crippen molar-refractivity contribution in [1.82, 2.24) is 9.78 Å². The Kier molecular flexibility index (Phi) is 2.55.